The van der Waals surface area contributed by atoms with Gasteiger partial charge >= 0.3 is 6.18 Å². The molecule has 0 aliphatic carbocycles. The van der Waals surface area contributed by atoms with E-state index in [4.69, 9.17) is 4.74 Å². The van der Waals surface area contributed by atoms with Crippen LogP contribution in [0.2, 0.25) is 0 Å². The molecule has 1 atom stereocenters. The monoisotopic (exact) mass is 339 g/mol. The highest BCUT2D eigenvalue weighted by Crippen LogP contribution is 2.33. The molecular weight excluding hydrogens is 327 g/mol. The average Bonchev–Trinajstić information content (AvgIpc) is 2.27. The van der Waals surface area contributed by atoms with Crippen molar-refractivity contribution in [3.8, 4) is 0 Å². The van der Waals surface area contributed by atoms with Gasteiger partial charge in [0.2, 0.25) is 0 Å². The van der Waals surface area contributed by atoms with Crippen LogP contribution < -0.4 is 5.32 Å². The van der Waals surface area contributed by atoms with Gasteiger partial charge in [0, 0.05) is 17.6 Å². The maximum absolute atomic E-state index is 12.8. The number of amides is 1. The minimum atomic E-state index is -4.58. The Bertz CT molecular complexity index is 463. The van der Waals surface area contributed by atoms with Gasteiger partial charge in [0.1, 0.15) is 0 Å². The summed E-state index contributed by atoms with van der Waals surface area (Å²) < 4.78 is 43.6. The minimum absolute atomic E-state index is 0.226. The van der Waals surface area contributed by atoms with Gasteiger partial charge in [-0.2, -0.15) is 13.2 Å². The average molecular weight is 340 g/mol. The fraction of sp³-hybridized carbons (Fsp3) is 0.417. The molecule has 0 spiro atoms. The zero-order valence-electron chi connectivity index (χ0n) is 10.3. The third-order valence-electron chi connectivity index (χ3n) is 2.33. The molecule has 1 amide bonds. The van der Waals surface area contributed by atoms with Gasteiger partial charge in [0.05, 0.1) is 17.7 Å². The SMILES string of the molecule is COCC(C)NC(=O)c1ccc(Br)cc1C(F)(F)F. The summed E-state index contributed by atoms with van der Waals surface area (Å²) >= 11 is 2.96. The topological polar surface area (TPSA) is 38.3 Å². The number of hydrogen-bond acceptors (Lipinski definition) is 2. The molecule has 0 aliphatic heterocycles. The number of rotatable bonds is 4. The number of hydrogen-bond donors (Lipinski definition) is 1. The molecule has 0 aliphatic rings. The van der Waals surface area contributed by atoms with E-state index in [9.17, 15) is 18.0 Å². The molecule has 106 valence electrons. The van der Waals surface area contributed by atoms with Gasteiger partial charge in [-0.15, -0.1) is 0 Å². The van der Waals surface area contributed by atoms with E-state index in [0.29, 0.717) is 0 Å². The molecule has 1 N–H and O–H groups in total. The largest absolute Gasteiger partial charge is 0.417 e. The third kappa shape index (κ3) is 4.50. The van der Waals surface area contributed by atoms with Crippen molar-refractivity contribution in [2.24, 2.45) is 0 Å². The van der Waals surface area contributed by atoms with E-state index >= 15 is 0 Å². The zero-order chi connectivity index (χ0) is 14.6. The van der Waals surface area contributed by atoms with E-state index in [0.717, 1.165) is 12.1 Å². The van der Waals surface area contributed by atoms with E-state index < -0.39 is 23.2 Å². The quantitative estimate of drug-likeness (QED) is 0.914. The van der Waals surface area contributed by atoms with Crippen LogP contribution in [0.4, 0.5) is 13.2 Å². The number of carbonyl (C=O) groups excluding carboxylic acids is 1. The van der Waals surface area contributed by atoms with Crippen LogP contribution in [0.5, 0.6) is 0 Å². The predicted molar refractivity (Wildman–Crippen MR) is 67.9 cm³/mol. The molecule has 3 nitrogen and oxygen atoms in total. The lowest BCUT2D eigenvalue weighted by Gasteiger charge is -2.16. The van der Waals surface area contributed by atoms with E-state index in [1.54, 1.807) is 6.92 Å². The van der Waals surface area contributed by atoms with E-state index in [1.807, 2.05) is 0 Å². The summed E-state index contributed by atoms with van der Waals surface area (Å²) in [6.45, 7) is 1.87. The Hall–Kier alpha value is -1.08. The van der Waals surface area contributed by atoms with Gasteiger partial charge in [-0.05, 0) is 25.1 Å². The number of ether oxygens (including phenoxy) is 1. The Morgan fingerprint density at radius 3 is 2.63 bits per heavy atom. The highest BCUT2D eigenvalue weighted by Gasteiger charge is 2.35. The van der Waals surface area contributed by atoms with Crippen molar-refractivity contribution in [2.45, 2.75) is 19.1 Å². The Balaban J connectivity index is 3.03. The van der Waals surface area contributed by atoms with Crippen LogP contribution in [0.15, 0.2) is 22.7 Å². The van der Waals surface area contributed by atoms with Crippen LogP contribution in [0.1, 0.15) is 22.8 Å². The highest BCUT2D eigenvalue weighted by molar-refractivity contribution is 9.10. The van der Waals surface area contributed by atoms with Gasteiger partial charge in [-0.3, -0.25) is 4.79 Å². The zero-order valence-corrected chi connectivity index (χ0v) is 11.9. The lowest BCUT2D eigenvalue weighted by Crippen LogP contribution is -2.36. The molecule has 0 radical (unpaired) electrons. The van der Waals surface area contributed by atoms with Crippen molar-refractivity contribution in [3.63, 3.8) is 0 Å². The number of benzene rings is 1. The standard InChI is InChI=1S/C12H13BrF3NO2/c1-7(6-19-2)17-11(18)9-4-3-8(13)5-10(9)12(14,15)16/h3-5,7H,6H2,1-2H3,(H,17,18). The summed E-state index contributed by atoms with van der Waals surface area (Å²) in [7, 11) is 1.45. The van der Waals surface area contributed by atoms with Crippen LogP contribution in [-0.4, -0.2) is 25.7 Å². The second kappa shape index (κ2) is 6.38. The van der Waals surface area contributed by atoms with Crippen LogP contribution in [0.25, 0.3) is 0 Å². The molecular formula is C12H13BrF3NO2. The fourth-order valence-electron chi connectivity index (χ4n) is 1.54. The van der Waals surface area contributed by atoms with E-state index in [-0.39, 0.29) is 17.1 Å². The third-order valence-corrected chi connectivity index (χ3v) is 2.82. The molecule has 0 fully saturated rings. The molecule has 0 aromatic heterocycles. The molecule has 19 heavy (non-hydrogen) atoms. The van der Waals surface area contributed by atoms with Crippen molar-refractivity contribution in [1.82, 2.24) is 5.32 Å². The molecule has 0 bridgehead atoms. The first-order valence-electron chi connectivity index (χ1n) is 5.42. The second-order valence-corrected chi connectivity index (χ2v) is 4.93. The van der Waals surface area contributed by atoms with Crippen molar-refractivity contribution in [3.05, 3.63) is 33.8 Å². The van der Waals surface area contributed by atoms with Crippen molar-refractivity contribution in [2.75, 3.05) is 13.7 Å². The van der Waals surface area contributed by atoms with Crippen molar-refractivity contribution < 1.29 is 22.7 Å². The van der Waals surface area contributed by atoms with Crippen LogP contribution in [-0.2, 0) is 10.9 Å². The number of carbonyl (C=O) groups is 1. The van der Waals surface area contributed by atoms with E-state index in [2.05, 4.69) is 21.2 Å². The fourth-order valence-corrected chi connectivity index (χ4v) is 1.90. The summed E-state index contributed by atoms with van der Waals surface area (Å²) in [6.07, 6.45) is -4.58. The van der Waals surface area contributed by atoms with Gasteiger partial charge in [0.25, 0.3) is 5.91 Å². The first kappa shape index (κ1) is 16.0. The Labute approximate surface area is 117 Å². The maximum Gasteiger partial charge on any atom is 0.417 e. The summed E-state index contributed by atoms with van der Waals surface area (Å²) in [5.74, 6) is -0.774. The minimum Gasteiger partial charge on any atom is -0.383 e. The first-order valence-corrected chi connectivity index (χ1v) is 6.21. The second-order valence-electron chi connectivity index (χ2n) is 4.02. The molecule has 0 saturated heterocycles. The van der Waals surface area contributed by atoms with Gasteiger partial charge in [-0.25, -0.2) is 0 Å². The van der Waals surface area contributed by atoms with Crippen LogP contribution >= 0.6 is 15.9 Å². The molecule has 1 aromatic carbocycles. The summed E-state index contributed by atoms with van der Waals surface area (Å²) in [4.78, 5) is 11.8. The van der Waals surface area contributed by atoms with Crippen molar-refractivity contribution >= 4 is 21.8 Å². The first-order chi connectivity index (χ1) is 8.75. The van der Waals surface area contributed by atoms with Crippen LogP contribution in [0.3, 0.4) is 0 Å². The Morgan fingerprint density at radius 2 is 2.11 bits per heavy atom. The molecule has 0 heterocycles. The van der Waals surface area contributed by atoms with Gasteiger partial charge in [0.15, 0.2) is 0 Å². The molecule has 1 rings (SSSR count). The van der Waals surface area contributed by atoms with Crippen LogP contribution in [0, 0.1) is 0 Å². The Kier molecular flexibility index (Phi) is 5.37. The maximum atomic E-state index is 12.8. The number of halogens is 4. The highest BCUT2D eigenvalue weighted by atomic mass is 79.9. The summed E-state index contributed by atoms with van der Waals surface area (Å²) in [5, 5.41) is 2.45. The number of alkyl halides is 3. The Morgan fingerprint density at radius 1 is 1.47 bits per heavy atom. The number of nitrogens with one attached hydrogen (secondary N) is 1. The smallest absolute Gasteiger partial charge is 0.383 e. The number of methoxy groups -OCH3 is 1. The normalized spacial score (nSPS) is 13.2. The summed E-state index contributed by atoms with van der Waals surface area (Å²) in [6, 6.07) is 3.05. The molecule has 7 heteroatoms. The van der Waals surface area contributed by atoms with E-state index in [1.165, 1.54) is 13.2 Å². The predicted octanol–water partition coefficient (Wildman–Crippen LogP) is 3.23. The van der Waals surface area contributed by atoms with Crippen molar-refractivity contribution in [1.29, 1.82) is 0 Å². The van der Waals surface area contributed by atoms with Gasteiger partial charge < -0.3 is 10.1 Å². The lowest BCUT2D eigenvalue weighted by molar-refractivity contribution is -0.138. The molecule has 0 saturated carbocycles. The molecule has 1 aromatic rings. The lowest BCUT2D eigenvalue weighted by atomic mass is 10.1. The molecule has 1 unspecified atom stereocenters. The van der Waals surface area contributed by atoms with Gasteiger partial charge in [-0.1, -0.05) is 15.9 Å². The summed E-state index contributed by atoms with van der Waals surface area (Å²) in [5.41, 5.74) is -1.37.